The number of rotatable bonds is 4. The zero-order valence-electron chi connectivity index (χ0n) is 12.6. The molecule has 1 aliphatic heterocycles. The molecule has 7 nitrogen and oxygen atoms in total. The van der Waals surface area contributed by atoms with Crippen LogP contribution in [0.25, 0.3) is 0 Å². The summed E-state index contributed by atoms with van der Waals surface area (Å²) in [6.07, 6.45) is 3.25. The molecule has 0 bridgehead atoms. The molecule has 0 spiro atoms. The van der Waals surface area contributed by atoms with E-state index in [2.05, 4.69) is 25.6 Å². The quantitative estimate of drug-likeness (QED) is 0.886. The molecule has 2 N–H and O–H groups in total. The van der Waals surface area contributed by atoms with Gasteiger partial charge in [-0.3, -0.25) is 9.89 Å². The van der Waals surface area contributed by atoms with Crippen molar-refractivity contribution >= 4 is 5.91 Å². The summed E-state index contributed by atoms with van der Waals surface area (Å²) in [7, 11) is 2.05. The van der Waals surface area contributed by atoms with Crippen LogP contribution in [0.5, 0.6) is 0 Å². The van der Waals surface area contributed by atoms with Crippen LogP contribution < -0.4 is 5.32 Å². The zero-order chi connectivity index (χ0) is 15.1. The molecule has 0 atom stereocenters. The van der Waals surface area contributed by atoms with Gasteiger partial charge in [0.25, 0.3) is 5.91 Å². The third kappa shape index (κ3) is 2.52. The number of likely N-dealkylation sites (N-methyl/N-ethyl adjacent to an activating group) is 1. The van der Waals surface area contributed by atoms with Crippen LogP contribution in [-0.4, -0.2) is 39.8 Å². The van der Waals surface area contributed by atoms with Crippen molar-refractivity contribution < 1.29 is 9.32 Å². The fraction of sp³-hybridized carbons (Fsp3) is 0.533. The fourth-order valence-corrected chi connectivity index (χ4v) is 2.84. The Kier molecular flexibility index (Phi) is 3.22. The molecule has 1 amide bonds. The smallest absolute Gasteiger partial charge is 0.272 e. The van der Waals surface area contributed by atoms with E-state index in [1.165, 1.54) is 12.8 Å². The molecule has 22 heavy (non-hydrogen) atoms. The summed E-state index contributed by atoms with van der Waals surface area (Å²) in [5, 5.41) is 14.0. The molecule has 7 heteroatoms. The fourth-order valence-electron chi connectivity index (χ4n) is 2.84. The predicted octanol–water partition coefficient (Wildman–Crippen LogP) is 1.19. The van der Waals surface area contributed by atoms with E-state index in [1.807, 2.05) is 13.1 Å². The molecule has 116 valence electrons. The summed E-state index contributed by atoms with van der Waals surface area (Å²) >= 11 is 0. The van der Waals surface area contributed by atoms with Crippen LogP contribution in [0.4, 0.5) is 0 Å². The van der Waals surface area contributed by atoms with Gasteiger partial charge in [-0.25, -0.2) is 0 Å². The zero-order valence-corrected chi connectivity index (χ0v) is 12.6. The van der Waals surface area contributed by atoms with Crippen molar-refractivity contribution in [1.29, 1.82) is 0 Å². The summed E-state index contributed by atoms with van der Waals surface area (Å²) in [5.41, 5.74) is 3.33. The van der Waals surface area contributed by atoms with Gasteiger partial charge in [0.1, 0.15) is 11.5 Å². The lowest BCUT2D eigenvalue weighted by Gasteiger charge is -2.22. The van der Waals surface area contributed by atoms with Crippen molar-refractivity contribution in [2.75, 3.05) is 13.6 Å². The summed E-state index contributed by atoms with van der Waals surface area (Å²) < 4.78 is 5.29. The Morgan fingerprint density at radius 1 is 1.55 bits per heavy atom. The Morgan fingerprint density at radius 3 is 3.23 bits per heavy atom. The Morgan fingerprint density at radius 2 is 2.41 bits per heavy atom. The minimum absolute atomic E-state index is 0.163. The average molecular weight is 301 g/mol. The molecule has 0 radical (unpaired) electrons. The number of amides is 1. The standard InChI is InChI=1S/C15H19N5O2/c1-20-5-4-12-11(8-20)14(18-17-12)15(21)16-7-10-6-13(22-19-10)9-2-3-9/h6,9H,2-5,7-8H2,1H3,(H,16,21)(H,17,18). The molecule has 4 rings (SSSR count). The molecule has 3 heterocycles. The monoisotopic (exact) mass is 301 g/mol. The molecule has 0 saturated heterocycles. The third-order valence-corrected chi connectivity index (χ3v) is 4.33. The molecule has 0 unspecified atom stereocenters. The van der Waals surface area contributed by atoms with Crippen LogP contribution in [0.15, 0.2) is 10.6 Å². The maximum Gasteiger partial charge on any atom is 0.272 e. The lowest BCUT2D eigenvalue weighted by Crippen LogP contribution is -2.29. The van der Waals surface area contributed by atoms with E-state index in [-0.39, 0.29) is 5.91 Å². The van der Waals surface area contributed by atoms with Crippen molar-refractivity contribution in [3.8, 4) is 0 Å². The van der Waals surface area contributed by atoms with Crippen LogP contribution in [-0.2, 0) is 19.5 Å². The summed E-state index contributed by atoms with van der Waals surface area (Å²) in [6, 6.07) is 1.94. The normalized spacial score (nSPS) is 18.2. The first-order chi connectivity index (χ1) is 10.7. The van der Waals surface area contributed by atoms with E-state index in [0.29, 0.717) is 18.2 Å². The second-order valence-corrected chi connectivity index (χ2v) is 6.19. The number of H-pyrrole nitrogens is 1. The maximum absolute atomic E-state index is 12.3. The van der Waals surface area contributed by atoms with Gasteiger partial charge in [0, 0.05) is 42.8 Å². The van der Waals surface area contributed by atoms with E-state index in [4.69, 9.17) is 4.52 Å². The molecular weight excluding hydrogens is 282 g/mol. The Balaban J connectivity index is 1.42. The first-order valence-corrected chi connectivity index (χ1v) is 7.69. The number of aromatic nitrogens is 3. The second-order valence-electron chi connectivity index (χ2n) is 6.19. The van der Waals surface area contributed by atoms with Crippen LogP contribution in [0, 0.1) is 0 Å². The molecule has 2 aliphatic rings. The lowest BCUT2D eigenvalue weighted by molar-refractivity contribution is 0.0943. The third-order valence-electron chi connectivity index (χ3n) is 4.33. The Hall–Kier alpha value is -2.15. The molecule has 2 aromatic heterocycles. The van der Waals surface area contributed by atoms with Crippen molar-refractivity contribution in [1.82, 2.24) is 25.6 Å². The molecule has 1 saturated carbocycles. The maximum atomic E-state index is 12.3. The number of hydrogen-bond donors (Lipinski definition) is 2. The second kappa shape index (κ2) is 5.24. The molecule has 0 aromatic carbocycles. The van der Waals surface area contributed by atoms with Gasteiger partial charge in [0.15, 0.2) is 5.69 Å². The van der Waals surface area contributed by atoms with Gasteiger partial charge in [-0.1, -0.05) is 5.16 Å². The van der Waals surface area contributed by atoms with E-state index in [9.17, 15) is 4.79 Å². The number of hydrogen-bond acceptors (Lipinski definition) is 5. The summed E-state index contributed by atoms with van der Waals surface area (Å²) in [5.74, 6) is 1.30. The highest BCUT2D eigenvalue weighted by molar-refractivity contribution is 5.93. The van der Waals surface area contributed by atoms with Crippen molar-refractivity contribution in [2.24, 2.45) is 0 Å². The van der Waals surface area contributed by atoms with Gasteiger partial charge in [-0.05, 0) is 19.9 Å². The number of fused-ring (bicyclic) bond motifs is 1. The number of aromatic amines is 1. The first kappa shape index (κ1) is 13.5. The molecular formula is C15H19N5O2. The minimum atomic E-state index is -0.163. The van der Waals surface area contributed by atoms with Gasteiger partial charge in [0.2, 0.25) is 0 Å². The SMILES string of the molecule is CN1CCc2[nH]nc(C(=O)NCc3cc(C4CC4)on3)c2C1. The molecule has 1 aliphatic carbocycles. The summed E-state index contributed by atoms with van der Waals surface area (Å²) in [4.78, 5) is 14.5. The number of nitrogens with zero attached hydrogens (tertiary/aromatic N) is 3. The van der Waals surface area contributed by atoms with E-state index in [0.717, 1.165) is 42.2 Å². The van der Waals surface area contributed by atoms with Crippen LogP contribution in [0.3, 0.4) is 0 Å². The number of carbonyl (C=O) groups is 1. The van der Waals surface area contributed by atoms with Crippen molar-refractivity contribution in [3.63, 3.8) is 0 Å². The van der Waals surface area contributed by atoms with Crippen molar-refractivity contribution in [3.05, 3.63) is 34.5 Å². The minimum Gasteiger partial charge on any atom is -0.361 e. The number of carbonyl (C=O) groups excluding carboxylic acids is 1. The molecule has 2 aromatic rings. The largest absolute Gasteiger partial charge is 0.361 e. The average Bonchev–Trinajstić information content (AvgIpc) is 3.11. The number of nitrogens with one attached hydrogen (secondary N) is 2. The van der Waals surface area contributed by atoms with Gasteiger partial charge in [-0.2, -0.15) is 5.10 Å². The highest BCUT2D eigenvalue weighted by atomic mass is 16.5. The highest BCUT2D eigenvalue weighted by Crippen LogP contribution is 2.40. The van der Waals surface area contributed by atoms with E-state index < -0.39 is 0 Å². The Labute approximate surface area is 128 Å². The van der Waals surface area contributed by atoms with Crippen LogP contribution >= 0.6 is 0 Å². The highest BCUT2D eigenvalue weighted by Gasteiger charge is 2.28. The topological polar surface area (TPSA) is 87.0 Å². The van der Waals surface area contributed by atoms with Crippen molar-refractivity contribution in [2.45, 2.75) is 38.3 Å². The van der Waals surface area contributed by atoms with Gasteiger partial charge >= 0.3 is 0 Å². The van der Waals surface area contributed by atoms with Crippen LogP contribution in [0.2, 0.25) is 0 Å². The first-order valence-electron chi connectivity index (χ1n) is 7.69. The van der Waals surface area contributed by atoms with Gasteiger partial charge in [-0.15, -0.1) is 0 Å². The lowest BCUT2D eigenvalue weighted by atomic mass is 10.1. The molecule has 1 fully saturated rings. The van der Waals surface area contributed by atoms with Crippen LogP contribution in [0.1, 0.15) is 52.0 Å². The Bertz CT molecular complexity index is 701. The van der Waals surface area contributed by atoms with E-state index >= 15 is 0 Å². The van der Waals surface area contributed by atoms with E-state index in [1.54, 1.807) is 0 Å². The van der Waals surface area contributed by atoms with Gasteiger partial charge in [0.05, 0.1) is 6.54 Å². The predicted molar refractivity (Wildman–Crippen MR) is 78.3 cm³/mol. The van der Waals surface area contributed by atoms with Gasteiger partial charge < -0.3 is 14.7 Å². The summed E-state index contributed by atoms with van der Waals surface area (Å²) in [6.45, 7) is 2.11.